The molecule has 0 heterocycles. The van der Waals surface area contributed by atoms with Crippen LogP contribution in [0.3, 0.4) is 0 Å². The van der Waals surface area contributed by atoms with Gasteiger partial charge < -0.3 is 9.64 Å². The molecule has 1 aromatic carbocycles. The van der Waals surface area contributed by atoms with Crippen molar-refractivity contribution in [2.24, 2.45) is 0 Å². The smallest absolute Gasteiger partial charge is 0.225 e. The lowest BCUT2D eigenvalue weighted by Gasteiger charge is -2.10. The monoisotopic (exact) mass is 227 g/mol. The standard InChI is InChI=1S/C11H14ClNO2/c1-13(2)11(14)6-7-15-10-5-3-4-9(12)8-10/h3-5,8H,6-7H2,1-2H3. The van der Waals surface area contributed by atoms with Crippen LogP contribution in [0.4, 0.5) is 0 Å². The second-order valence-corrected chi connectivity index (χ2v) is 3.78. The first kappa shape index (κ1) is 11.9. The molecule has 3 nitrogen and oxygen atoms in total. The van der Waals surface area contributed by atoms with Gasteiger partial charge in [0.15, 0.2) is 0 Å². The van der Waals surface area contributed by atoms with Gasteiger partial charge in [-0.25, -0.2) is 0 Å². The molecule has 4 heteroatoms. The minimum atomic E-state index is 0.0528. The van der Waals surface area contributed by atoms with Gasteiger partial charge >= 0.3 is 0 Å². The molecule has 0 aliphatic carbocycles. The molecule has 0 N–H and O–H groups in total. The SMILES string of the molecule is CN(C)C(=O)CCOc1cccc(Cl)c1. The summed E-state index contributed by atoms with van der Waals surface area (Å²) in [6.45, 7) is 0.372. The van der Waals surface area contributed by atoms with Gasteiger partial charge in [0.25, 0.3) is 0 Å². The zero-order valence-corrected chi connectivity index (χ0v) is 9.62. The minimum Gasteiger partial charge on any atom is -0.493 e. The summed E-state index contributed by atoms with van der Waals surface area (Å²) < 4.78 is 5.38. The molecule has 0 atom stereocenters. The van der Waals surface area contributed by atoms with Gasteiger partial charge in [0.2, 0.25) is 5.91 Å². The minimum absolute atomic E-state index is 0.0528. The zero-order chi connectivity index (χ0) is 11.3. The number of halogens is 1. The first-order chi connectivity index (χ1) is 7.09. The van der Waals surface area contributed by atoms with Crippen LogP contribution in [0.5, 0.6) is 5.75 Å². The van der Waals surface area contributed by atoms with Crippen molar-refractivity contribution in [3.8, 4) is 5.75 Å². The fraction of sp³-hybridized carbons (Fsp3) is 0.364. The molecule has 1 rings (SSSR count). The number of benzene rings is 1. The zero-order valence-electron chi connectivity index (χ0n) is 8.87. The van der Waals surface area contributed by atoms with Crippen molar-refractivity contribution in [1.29, 1.82) is 0 Å². The molecule has 1 aromatic rings. The lowest BCUT2D eigenvalue weighted by molar-refractivity contribution is -0.129. The highest BCUT2D eigenvalue weighted by molar-refractivity contribution is 6.30. The number of nitrogens with zero attached hydrogens (tertiary/aromatic N) is 1. The van der Waals surface area contributed by atoms with Crippen molar-refractivity contribution in [1.82, 2.24) is 4.90 Å². The van der Waals surface area contributed by atoms with Crippen LogP contribution >= 0.6 is 11.6 Å². The highest BCUT2D eigenvalue weighted by Gasteiger charge is 2.03. The van der Waals surface area contributed by atoms with E-state index in [2.05, 4.69) is 0 Å². The quantitative estimate of drug-likeness (QED) is 0.789. The topological polar surface area (TPSA) is 29.5 Å². The van der Waals surface area contributed by atoms with E-state index >= 15 is 0 Å². The molecule has 0 aliphatic heterocycles. The maximum absolute atomic E-state index is 11.2. The van der Waals surface area contributed by atoms with E-state index in [4.69, 9.17) is 16.3 Å². The third-order valence-electron chi connectivity index (χ3n) is 1.88. The van der Waals surface area contributed by atoms with Crippen LogP contribution in [-0.4, -0.2) is 31.5 Å². The van der Waals surface area contributed by atoms with Crippen molar-refractivity contribution in [2.45, 2.75) is 6.42 Å². The van der Waals surface area contributed by atoms with Gasteiger partial charge in [0, 0.05) is 19.1 Å². The van der Waals surface area contributed by atoms with Crippen molar-refractivity contribution in [2.75, 3.05) is 20.7 Å². The number of amides is 1. The van der Waals surface area contributed by atoms with Crippen molar-refractivity contribution in [3.63, 3.8) is 0 Å². The van der Waals surface area contributed by atoms with E-state index in [1.807, 2.05) is 12.1 Å². The molecule has 0 saturated carbocycles. The highest BCUT2D eigenvalue weighted by atomic mass is 35.5. The number of hydrogen-bond acceptors (Lipinski definition) is 2. The van der Waals surface area contributed by atoms with E-state index in [0.29, 0.717) is 23.8 Å². The normalized spacial score (nSPS) is 9.80. The Balaban J connectivity index is 2.35. The Kier molecular flexibility index (Phi) is 4.43. The van der Waals surface area contributed by atoms with Crippen molar-refractivity contribution >= 4 is 17.5 Å². The first-order valence-corrected chi connectivity index (χ1v) is 5.06. The summed E-state index contributed by atoms with van der Waals surface area (Å²) in [7, 11) is 3.45. The fourth-order valence-corrected chi connectivity index (χ4v) is 1.22. The summed E-state index contributed by atoms with van der Waals surface area (Å²) in [6.07, 6.45) is 0.375. The highest BCUT2D eigenvalue weighted by Crippen LogP contribution is 2.17. The molecule has 0 saturated heterocycles. The molecule has 0 fully saturated rings. The van der Waals surface area contributed by atoms with Gasteiger partial charge in [0.1, 0.15) is 5.75 Å². The maximum atomic E-state index is 11.2. The van der Waals surface area contributed by atoms with E-state index < -0.39 is 0 Å². The van der Waals surface area contributed by atoms with Crippen LogP contribution in [0.25, 0.3) is 0 Å². The van der Waals surface area contributed by atoms with Gasteiger partial charge in [-0.3, -0.25) is 4.79 Å². The Morgan fingerprint density at radius 1 is 1.47 bits per heavy atom. The summed E-state index contributed by atoms with van der Waals surface area (Å²) in [5, 5.41) is 0.631. The second-order valence-electron chi connectivity index (χ2n) is 3.34. The number of carbonyl (C=O) groups is 1. The Morgan fingerprint density at radius 2 is 2.20 bits per heavy atom. The van der Waals surface area contributed by atoms with Gasteiger partial charge in [-0.1, -0.05) is 17.7 Å². The molecule has 82 valence electrons. The van der Waals surface area contributed by atoms with Crippen LogP contribution in [0.2, 0.25) is 5.02 Å². The molecule has 0 bridgehead atoms. The molecular formula is C11H14ClNO2. The van der Waals surface area contributed by atoms with Crippen LogP contribution in [0, 0.1) is 0 Å². The average molecular weight is 228 g/mol. The predicted octanol–water partition coefficient (Wildman–Crippen LogP) is 2.20. The van der Waals surface area contributed by atoms with E-state index in [-0.39, 0.29) is 5.91 Å². The Labute approximate surface area is 94.6 Å². The van der Waals surface area contributed by atoms with Gasteiger partial charge in [-0.2, -0.15) is 0 Å². The second kappa shape index (κ2) is 5.61. The first-order valence-electron chi connectivity index (χ1n) is 4.68. The van der Waals surface area contributed by atoms with Gasteiger partial charge in [0.05, 0.1) is 13.0 Å². The average Bonchev–Trinajstić information content (AvgIpc) is 2.17. The largest absolute Gasteiger partial charge is 0.493 e. The summed E-state index contributed by atoms with van der Waals surface area (Å²) in [6, 6.07) is 7.12. The Morgan fingerprint density at radius 3 is 2.80 bits per heavy atom. The molecular weight excluding hydrogens is 214 g/mol. The van der Waals surface area contributed by atoms with Crippen LogP contribution in [0.15, 0.2) is 24.3 Å². The van der Waals surface area contributed by atoms with E-state index in [1.165, 1.54) is 0 Å². The molecule has 1 amide bonds. The summed E-state index contributed by atoms with van der Waals surface area (Å²) >= 11 is 5.78. The Hall–Kier alpha value is -1.22. The predicted molar refractivity (Wildman–Crippen MR) is 60.3 cm³/mol. The van der Waals surface area contributed by atoms with Crippen LogP contribution in [0.1, 0.15) is 6.42 Å². The number of rotatable bonds is 4. The summed E-state index contributed by atoms with van der Waals surface area (Å²) in [4.78, 5) is 12.8. The van der Waals surface area contributed by atoms with Gasteiger partial charge in [-0.05, 0) is 18.2 Å². The van der Waals surface area contributed by atoms with Crippen LogP contribution in [-0.2, 0) is 4.79 Å². The Bertz CT molecular complexity index is 339. The molecule has 15 heavy (non-hydrogen) atoms. The van der Waals surface area contributed by atoms with E-state index in [9.17, 15) is 4.79 Å². The van der Waals surface area contributed by atoms with E-state index in [1.54, 1.807) is 31.1 Å². The fourth-order valence-electron chi connectivity index (χ4n) is 1.04. The maximum Gasteiger partial charge on any atom is 0.225 e. The lowest BCUT2D eigenvalue weighted by Crippen LogP contribution is -2.23. The van der Waals surface area contributed by atoms with Crippen LogP contribution < -0.4 is 4.74 Å². The van der Waals surface area contributed by atoms with E-state index in [0.717, 1.165) is 0 Å². The molecule has 0 unspecified atom stereocenters. The number of hydrogen-bond donors (Lipinski definition) is 0. The lowest BCUT2D eigenvalue weighted by atomic mass is 10.3. The van der Waals surface area contributed by atoms with Gasteiger partial charge in [-0.15, -0.1) is 0 Å². The number of carbonyl (C=O) groups excluding carboxylic acids is 1. The third kappa shape index (κ3) is 4.21. The molecule has 0 radical (unpaired) electrons. The third-order valence-corrected chi connectivity index (χ3v) is 2.11. The number of ether oxygens (including phenoxy) is 1. The molecule has 0 aromatic heterocycles. The summed E-state index contributed by atoms with van der Waals surface area (Å²) in [5.74, 6) is 0.742. The van der Waals surface area contributed by atoms with Crippen molar-refractivity contribution in [3.05, 3.63) is 29.3 Å². The molecule has 0 aliphatic rings. The van der Waals surface area contributed by atoms with Crippen molar-refractivity contribution < 1.29 is 9.53 Å². The molecule has 0 spiro atoms. The summed E-state index contributed by atoms with van der Waals surface area (Å²) in [5.41, 5.74) is 0.